The van der Waals surface area contributed by atoms with E-state index in [1.165, 1.54) is 0 Å². The number of aliphatic hydroxyl groups excluding tert-OH is 1. The van der Waals surface area contributed by atoms with Crippen LogP contribution in [0.5, 0.6) is 5.75 Å². The molecule has 4 aromatic rings. The number of aryl methyl sites for hydroxylation is 4. The lowest BCUT2D eigenvalue weighted by molar-refractivity contribution is 0.108. The minimum absolute atomic E-state index is 0.175. The molecule has 1 aromatic carbocycles. The minimum atomic E-state index is -0.607. The fraction of sp³-hybridized carbons (Fsp3) is 0.333. The molecule has 0 radical (unpaired) electrons. The summed E-state index contributed by atoms with van der Waals surface area (Å²) in [6, 6.07) is 9.38. The quantitative estimate of drug-likeness (QED) is 0.415. The van der Waals surface area contributed by atoms with E-state index >= 15 is 0 Å². The van der Waals surface area contributed by atoms with Crippen molar-refractivity contribution in [2.75, 3.05) is 20.2 Å². The number of benzene rings is 1. The van der Waals surface area contributed by atoms with E-state index in [9.17, 15) is 5.11 Å². The maximum absolute atomic E-state index is 9.94. The van der Waals surface area contributed by atoms with E-state index in [1.807, 2.05) is 58.0 Å². The first-order valence-corrected chi connectivity index (χ1v) is 10.7. The van der Waals surface area contributed by atoms with Gasteiger partial charge in [0.1, 0.15) is 30.0 Å². The van der Waals surface area contributed by atoms with Gasteiger partial charge in [-0.2, -0.15) is 0 Å². The summed E-state index contributed by atoms with van der Waals surface area (Å²) in [5.74, 6) is 2.49. The Labute approximate surface area is 191 Å². The Bertz CT molecular complexity index is 1160. The summed E-state index contributed by atoms with van der Waals surface area (Å²) in [6.07, 6.45) is -0.607. The highest BCUT2D eigenvalue weighted by Crippen LogP contribution is 2.33. The molecule has 2 N–H and O–H groups in total. The second-order valence-corrected chi connectivity index (χ2v) is 7.91. The predicted octanol–water partition coefficient (Wildman–Crippen LogP) is 3.65. The SMILES string of the molecule is CNCC(O)COc1cccc(-c2nc(-c3c(C)noc3C)cc(-c3c(C)noc3C)n2)c1. The molecule has 3 aromatic heterocycles. The number of likely N-dealkylation sites (N-methyl/N-ethyl adjacent to an activating group) is 1. The molecule has 172 valence electrons. The Morgan fingerprint density at radius 3 is 2.06 bits per heavy atom. The average Bonchev–Trinajstić information content (AvgIpc) is 3.32. The Morgan fingerprint density at radius 1 is 0.939 bits per heavy atom. The van der Waals surface area contributed by atoms with E-state index in [0.29, 0.717) is 41.0 Å². The van der Waals surface area contributed by atoms with Gasteiger partial charge in [0, 0.05) is 12.1 Å². The van der Waals surface area contributed by atoms with Crippen LogP contribution in [0, 0.1) is 27.7 Å². The molecule has 0 saturated heterocycles. The number of aliphatic hydroxyl groups is 1. The molecule has 0 aliphatic heterocycles. The highest BCUT2D eigenvalue weighted by Gasteiger charge is 2.20. The first-order valence-electron chi connectivity index (χ1n) is 10.7. The number of ether oxygens (including phenoxy) is 1. The highest BCUT2D eigenvalue weighted by molar-refractivity contribution is 5.75. The fourth-order valence-corrected chi connectivity index (χ4v) is 3.74. The third kappa shape index (κ3) is 4.79. The number of aromatic nitrogens is 4. The van der Waals surface area contributed by atoms with Crippen molar-refractivity contribution >= 4 is 0 Å². The van der Waals surface area contributed by atoms with Gasteiger partial charge in [0.25, 0.3) is 0 Å². The van der Waals surface area contributed by atoms with Crippen LogP contribution in [0.15, 0.2) is 39.4 Å². The van der Waals surface area contributed by atoms with Gasteiger partial charge in [-0.1, -0.05) is 22.4 Å². The monoisotopic (exact) mass is 449 g/mol. The first-order chi connectivity index (χ1) is 15.9. The lowest BCUT2D eigenvalue weighted by atomic mass is 10.0. The molecule has 0 saturated carbocycles. The van der Waals surface area contributed by atoms with E-state index in [0.717, 1.165) is 28.1 Å². The van der Waals surface area contributed by atoms with Crippen molar-refractivity contribution in [2.24, 2.45) is 0 Å². The zero-order valence-corrected chi connectivity index (χ0v) is 19.3. The summed E-state index contributed by atoms with van der Waals surface area (Å²) >= 11 is 0. The summed E-state index contributed by atoms with van der Waals surface area (Å²) in [7, 11) is 1.78. The molecule has 4 rings (SSSR count). The van der Waals surface area contributed by atoms with Crippen LogP contribution in [-0.2, 0) is 0 Å². The molecule has 0 bridgehead atoms. The van der Waals surface area contributed by atoms with Gasteiger partial charge in [-0.05, 0) is 52.9 Å². The summed E-state index contributed by atoms with van der Waals surface area (Å²) in [5, 5.41) is 21.0. The Hall–Kier alpha value is -3.56. The molecule has 0 aliphatic carbocycles. The van der Waals surface area contributed by atoms with Crippen LogP contribution in [0.4, 0.5) is 0 Å². The molecule has 3 heterocycles. The zero-order chi connectivity index (χ0) is 23.5. The minimum Gasteiger partial charge on any atom is -0.491 e. The standard InChI is InChI=1S/C24H27N5O4/c1-13-22(15(3)32-28-13)20-10-21(23-14(2)29-33-16(23)4)27-24(26-20)17-7-6-8-19(9-17)31-12-18(30)11-25-5/h6-10,18,25,30H,11-12H2,1-5H3. The van der Waals surface area contributed by atoms with Gasteiger partial charge in [0.15, 0.2) is 5.82 Å². The van der Waals surface area contributed by atoms with Crippen LogP contribution in [0.2, 0.25) is 0 Å². The van der Waals surface area contributed by atoms with Crippen LogP contribution in [-0.4, -0.2) is 51.7 Å². The molecule has 1 unspecified atom stereocenters. The number of nitrogens with zero attached hydrogens (tertiary/aromatic N) is 4. The second-order valence-electron chi connectivity index (χ2n) is 7.91. The Morgan fingerprint density at radius 2 is 1.55 bits per heavy atom. The number of hydrogen-bond acceptors (Lipinski definition) is 9. The van der Waals surface area contributed by atoms with Crippen LogP contribution >= 0.6 is 0 Å². The van der Waals surface area contributed by atoms with Gasteiger partial charge < -0.3 is 24.2 Å². The van der Waals surface area contributed by atoms with E-state index in [2.05, 4.69) is 15.6 Å². The van der Waals surface area contributed by atoms with Crippen molar-refractivity contribution < 1.29 is 18.9 Å². The molecule has 9 nitrogen and oxygen atoms in total. The third-order valence-electron chi connectivity index (χ3n) is 5.28. The molecule has 9 heteroatoms. The van der Waals surface area contributed by atoms with Crippen molar-refractivity contribution in [3.05, 3.63) is 53.2 Å². The molecule has 0 spiro atoms. The van der Waals surface area contributed by atoms with Gasteiger partial charge in [-0.3, -0.25) is 0 Å². The zero-order valence-electron chi connectivity index (χ0n) is 19.3. The summed E-state index contributed by atoms with van der Waals surface area (Å²) < 4.78 is 16.5. The van der Waals surface area contributed by atoms with Gasteiger partial charge in [-0.15, -0.1) is 0 Å². The predicted molar refractivity (Wildman–Crippen MR) is 123 cm³/mol. The van der Waals surface area contributed by atoms with Gasteiger partial charge in [0.05, 0.1) is 33.9 Å². The van der Waals surface area contributed by atoms with Crippen molar-refractivity contribution in [2.45, 2.75) is 33.8 Å². The topological polar surface area (TPSA) is 119 Å². The van der Waals surface area contributed by atoms with Crippen LogP contribution in [0.3, 0.4) is 0 Å². The summed E-state index contributed by atoms with van der Waals surface area (Å²) in [6.45, 7) is 8.11. The van der Waals surface area contributed by atoms with Crippen molar-refractivity contribution in [1.29, 1.82) is 0 Å². The molecular formula is C24H27N5O4. The maximum atomic E-state index is 9.94. The average molecular weight is 450 g/mol. The van der Waals surface area contributed by atoms with E-state index in [-0.39, 0.29) is 6.61 Å². The smallest absolute Gasteiger partial charge is 0.160 e. The van der Waals surface area contributed by atoms with Crippen LogP contribution < -0.4 is 10.1 Å². The third-order valence-corrected chi connectivity index (χ3v) is 5.28. The maximum Gasteiger partial charge on any atom is 0.160 e. The second kappa shape index (κ2) is 9.51. The summed E-state index contributed by atoms with van der Waals surface area (Å²) in [5.41, 5.74) is 5.32. The van der Waals surface area contributed by atoms with Gasteiger partial charge >= 0.3 is 0 Å². The molecule has 0 fully saturated rings. The number of hydrogen-bond donors (Lipinski definition) is 2. The lowest BCUT2D eigenvalue weighted by Crippen LogP contribution is -2.29. The molecule has 33 heavy (non-hydrogen) atoms. The number of rotatable bonds is 8. The van der Waals surface area contributed by atoms with Crippen molar-refractivity contribution in [1.82, 2.24) is 25.6 Å². The number of nitrogens with one attached hydrogen (secondary N) is 1. The van der Waals surface area contributed by atoms with Crippen LogP contribution in [0.25, 0.3) is 33.9 Å². The first kappa shape index (κ1) is 22.6. The van der Waals surface area contributed by atoms with E-state index in [4.69, 9.17) is 23.8 Å². The molecular weight excluding hydrogens is 422 g/mol. The van der Waals surface area contributed by atoms with Crippen molar-refractivity contribution in [3.8, 4) is 39.7 Å². The molecule has 0 aliphatic rings. The normalized spacial score (nSPS) is 12.2. The Kier molecular flexibility index (Phi) is 6.52. The van der Waals surface area contributed by atoms with E-state index < -0.39 is 6.10 Å². The van der Waals surface area contributed by atoms with Gasteiger partial charge in [-0.25, -0.2) is 9.97 Å². The largest absolute Gasteiger partial charge is 0.491 e. The van der Waals surface area contributed by atoms with Crippen molar-refractivity contribution in [3.63, 3.8) is 0 Å². The highest BCUT2D eigenvalue weighted by atomic mass is 16.5. The van der Waals surface area contributed by atoms with Gasteiger partial charge in [0.2, 0.25) is 0 Å². The fourth-order valence-electron chi connectivity index (χ4n) is 3.74. The Balaban J connectivity index is 1.79. The summed E-state index contributed by atoms with van der Waals surface area (Å²) in [4.78, 5) is 9.65. The molecule has 0 amide bonds. The van der Waals surface area contributed by atoms with Crippen LogP contribution in [0.1, 0.15) is 22.9 Å². The molecule has 1 atom stereocenters. The van der Waals surface area contributed by atoms with E-state index in [1.54, 1.807) is 7.05 Å². The lowest BCUT2D eigenvalue weighted by Gasteiger charge is -2.13.